The minimum Gasteiger partial charge on any atom is -0.470 e. The smallest absolute Gasteiger partial charge is 0.355 e. The van der Waals surface area contributed by atoms with E-state index in [1.165, 1.54) is 0 Å². The maximum Gasteiger partial charge on any atom is 0.355 e. The molecular weight excluding hydrogens is 234 g/mol. The minimum atomic E-state index is -1.10. The lowest BCUT2D eigenvalue weighted by atomic mass is 10.1. The molecule has 5 nitrogen and oxygen atoms in total. The number of carbonyl (C=O) groups is 1. The van der Waals surface area contributed by atoms with Gasteiger partial charge in [0, 0.05) is 17.6 Å². The average molecular weight is 245 g/mol. The third-order valence-electron chi connectivity index (χ3n) is 3.20. The number of para-hydroxylation sites is 1. The Morgan fingerprint density at radius 2 is 2.28 bits per heavy atom. The molecule has 1 heterocycles. The first-order valence-corrected chi connectivity index (χ1v) is 5.75. The summed E-state index contributed by atoms with van der Waals surface area (Å²) in [5.41, 5.74) is 0.465. The van der Waals surface area contributed by atoms with Gasteiger partial charge in [-0.15, -0.1) is 4.91 Å². The quantitative estimate of drug-likeness (QED) is 0.605. The highest BCUT2D eigenvalue weighted by molar-refractivity contribution is 5.97. The predicted octanol–water partition coefficient (Wildman–Crippen LogP) is 2.26. The van der Waals surface area contributed by atoms with Crippen molar-refractivity contribution < 1.29 is 14.3 Å². The van der Waals surface area contributed by atoms with Gasteiger partial charge in [0.25, 0.3) is 0 Å². The lowest BCUT2D eigenvalue weighted by Gasteiger charge is -2.21. The number of esters is 1. The summed E-state index contributed by atoms with van der Waals surface area (Å²) in [5, 5.41) is 3.04. The summed E-state index contributed by atoms with van der Waals surface area (Å²) >= 11 is 0. The van der Waals surface area contributed by atoms with Crippen molar-refractivity contribution in [2.75, 3.05) is 6.61 Å². The second kappa shape index (κ2) is 3.66. The van der Waals surface area contributed by atoms with E-state index in [2.05, 4.69) is 5.18 Å². The Labute approximate surface area is 103 Å². The van der Waals surface area contributed by atoms with Crippen LogP contribution in [0.25, 0.3) is 5.70 Å². The zero-order chi connectivity index (χ0) is 12.8. The van der Waals surface area contributed by atoms with Gasteiger partial charge in [0.1, 0.15) is 11.4 Å². The first-order valence-electron chi connectivity index (χ1n) is 5.75. The fourth-order valence-corrected chi connectivity index (χ4v) is 2.27. The molecule has 0 radical (unpaired) electrons. The van der Waals surface area contributed by atoms with Crippen molar-refractivity contribution in [1.29, 1.82) is 0 Å². The number of fused-ring (bicyclic) bond motifs is 2. The first-order chi connectivity index (χ1) is 8.73. The van der Waals surface area contributed by atoms with Crippen molar-refractivity contribution in [2.24, 2.45) is 5.18 Å². The van der Waals surface area contributed by atoms with Crippen LogP contribution >= 0.6 is 0 Å². The van der Waals surface area contributed by atoms with Crippen LogP contribution in [0, 0.1) is 4.91 Å². The normalized spacial score (nSPS) is 23.6. The van der Waals surface area contributed by atoms with Gasteiger partial charge in [-0.1, -0.05) is 12.1 Å². The minimum absolute atomic E-state index is 0.280. The largest absolute Gasteiger partial charge is 0.470 e. The fourth-order valence-electron chi connectivity index (χ4n) is 2.27. The van der Waals surface area contributed by atoms with Gasteiger partial charge >= 0.3 is 5.97 Å². The molecule has 1 aromatic rings. The molecule has 3 rings (SSSR count). The first kappa shape index (κ1) is 11.0. The Kier molecular flexibility index (Phi) is 2.23. The average Bonchev–Trinajstić information content (AvgIpc) is 3.11. The van der Waals surface area contributed by atoms with Crippen LogP contribution < -0.4 is 4.74 Å². The molecule has 1 saturated carbocycles. The van der Waals surface area contributed by atoms with E-state index in [0.717, 1.165) is 0 Å². The molecule has 0 bridgehead atoms. The van der Waals surface area contributed by atoms with E-state index in [-0.39, 0.29) is 6.61 Å². The summed E-state index contributed by atoms with van der Waals surface area (Å²) in [6.07, 6.45) is 0.377. The molecule has 1 fully saturated rings. The molecule has 2 aliphatic rings. The SMILES string of the molecule is CCOC(=O)C12CC1=C(N=O)c1ccccc1O2. The van der Waals surface area contributed by atoms with Crippen LogP contribution in [0.1, 0.15) is 18.9 Å². The van der Waals surface area contributed by atoms with Crippen molar-refractivity contribution in [3.63, 3.8) is 0 Å². The zero-order valence-corrected chi connectivity index (χ0v) is 9.80. The molecule has 0 N–H and O–H groups in total. The van der Waals surface area contributed by atoms with Gasteiger partial charge in [-0.2, -0.15) is 0 Å². The predicted molar refractivity (Wildman–Crippen MR) is 63.8 cm³/mol. The number of nitroso groups, excluding NO2 is 1. The standard InChI is InChI=1S/C13H11NO4/c1-2-17-12(15)13-7-9(13)11(14-16)8-5-3-4-6-10(8)18-13/h3-6H,2,7H2,1H3. The summed E-state index contributed by atoms with van der Waals surface area (Å²) in [6.45, 7) is 2.01. The molecule has 1 unspecified atom stereocenters. The summed E-state index contributed by atoms with van der Waals surface area (Å²) in [5.74, 6) is 0.0528. The van der Waals surface area contributed by atoms with Crippen LogP contribution in [-0.4, -0.2) is 18.2 Å². The molecule has 1 aliphatic heterocycles. The summed E-state index contributed by atoms with van der Waals surface area (Å²) in [6, 6.07) is 7.06. The van der Waals surface area contributed by atoms with Gasteiger partial charge in [0.05, 0.1) is 6.61 Å². The third kappa shape index (κ3) is 1.30. The van der Waals surface area contributed by atoms with E-state index >= 15 is 0 Å². The maximum absolute atomic E-state index is 11.9. The molecule has 18 heavy (non-hydrogen) atoms. The molecule has 5 heteroatoms. The Balaban J connectivity index is 2.08. The number of hydrogen-bond donors (Lipinski definition) is 0. The summed E-state index contributed by atoms with van der Waals surface area (Å²) in [7, 11) is 0. The highest BCUT2D eigenvalue weighted by Gasteiger charge is 2.64. The molecular formula is C13H11NO4. The summed E-state index contributed by atoms with van der Waals surface area (Å²) < 4.78 is 10.7. The van der Waals surface area contributed by atoms with Gasteiger partial charge < -0.3 is 9.47 Å². The van der Waals surface area contributed by atoms with Crippen LogP contribution in [0.5, 0.6) is 5.75 Å². The van der Waals surface area contributed by atoms with E-state index < -0.39 is 11.6 Å². The van der Waals surface area contributed by atoms with E-state index in [4.69, 9.17) is 9.47 Å². The number of carbonyl (C=O) groups excluding carboxylic acids is 1. The molecule has 1 atom stereocenters. The molecule has 0 spiro atoms. The Hall–Kier alpha value is -2.17. The van der Waals surface area contributed by atoms with Crippen LogP contribution in [-0.2, 0) is 9.53 Å². The lowest BCUT2D eigenvalue weighted by molar-refractivity contribution is -0.152. The summed E-state index contributed by atoms with van der Waals surface area (Å²) in [4.78, 5) is 22.9. The molecule has 1 aromatic carbocycles. The maximum atomic E-state index is 11.9. The van der Waals surface area contributed by atoms with Gasteiger partial charge in [0.15, 0.2) is 0 Å². The van der Waals surface area contributed by atoms with Gasteiger partial charge in [-0.25, -0.2) is 4.79 Å². The Bertz CT molecular complexity index is 578. The van der Waals surface area contributed by atoms with Gasteiger partial charge in [0.2, 0.25) is 5.60 Å². The van der Waals surface area contributed by atoms with E-state index in [1.54, 1.807) is 31.2 Å². The van der Waals surface area contributed by atoms with Crippen LogP contribution in [0.2, 0.25) is 0 Å². The van der Waals surface area contributed by atoms with Gasteiger partial charge in [-0.3, -0.25) is 0 Å². The number of rotatable bonds is 3. The topological polar surface area (TPSA) is 65.0 Å². The molecule has 92 valence electrons. The van der Waals surface area contributed by atoms with E-state index in [9.17, 15) is 9.70 Å². The fraction of sp³-hybridized carbons (Fsp3) is 0.308. The van der Waals surface area contributed by atoms with Crippen LogP contribution in [0.3, 0.4) is 0 Å². The highest BCUT2D eigenvalue weighted by atomic mass is 16.6. The zero-order valence-electron chi connectivity index (χ0n) is 9.80. The van der Waals surface area contributed by atoms with Crippen molar-refractivity contribution in [1.82, 2.24) is 0 Å². The second-order valence-electron chi connectivity index (χ2n) is 4.24. The number of ether oxygens (including phenoxy) is 2. The Morgan fingerprint density at radius 3 is 3.00 bits per heavy atom. The van der Waals surface area contributed by atoms with E-state index in [1.807, 2.05) is 0 Å². The molecule has 0 saturated heterocycles. The Morgan fingerprint density at radius 1 is 1.50 bits per heavy atom. The second-order valence-corrected chi connectivity index (χ2v) is 4.24. The van der Waals surface area contributed by atoms with Crippen LogP contribution in [0.15, 0.2) is 35.0 Å². The number of benzene rings is 1. The monoisotopic (exact) mass is 245 g/mol. The molecule has 0 amide bonds. The van der Waals surface area contributed by atoms with Crippen molar-refractivity contribution >= 4 is 11.7 Å². The van der Waals surface area contributed by atoms with Crippen LogP contribution in [0.4, 0.5) is 0 Å². The van der Waals surface area contributed by atoms with Crippen molar-refractivity contribution in [2.45, 2.75) is 18.9 Å². The van der Waals surface area contributed by atoms with E-state index in [0.29, 0.717) is 29.0 Å². The lowest BCUT2D eigenvalue weighted by Crippen LogP contribution is -2.34. The van der Waals surface area contributed by atoms with Crippen molar-refractivity contribution in [3.05, 3.63) is 40.3 Å². The molecule has 0 aromatic heterocycles. The number of hydrogen-bond acceptors (Lipinski definition) is 5. The number of nitrogens with zero attached hydrogens (tertiary/aromatic N) is 1. The van der Waals surface area contributed by atoms with Gasteiger partial charge in [-0.05, 0) is 24.2 Å². The molecule has 1 aliphatic carbocycles. The third-order valence-corrected chi connectivity index (χ3v) is 3.20. The van der Waals surface area contributed by atoms with Crippen molar-refractivity contribution in [3.8, 4) is 5.75 Å². The highest BCUT2D eigenvalue weighted by Crippen LogP contribution is 2.56.